The van der Waals surface area contributed by atoms with Crippen LogP contribution in [0.4, 0.5) is 0 Å². The van der Waals surface area contributed by atoms with Crippen molar-refractivity contribution < 1.29 is 0 Å². The molecule has 0 aliphatic carbocycles. The maximum atomic E-state index is 3.83. The molecule has 0 amide bonds. The zero-order valence-corrected chi connectivity index (χ0v) is 14.0. The summed E-state index contributed by atoms with van der Waals surface area (Å²) in [7, 11) is 0. The fourth-order valence-electron chi connectivity index (χ4n) is 1.97. The lowest BCUT2D eigenvalue weighted by atomic mass is 10.0. The van der Waals surface area contributed by atoms with Crippen molar-refractivity contribution in [3.8, 4) is 0 Å². The third-order valence-electron chi connectivity index (χ3n) is 2.94. The summed E-state index contributed by atoms with van der Waals surface area (Å²) in [6.07, 6.45) is 0. The second kappa shape index (κ2) is 5.25. The van der Waals surface area contributed by atoms with E-state index in [2.05, 4.69) is 76.9 Å². The van der Waals surface area contributed by atoms with Gasteiger partial charge in [-0.3, -0.25) is 0 Å². The number of hydrogen-bond donors (Lipinski definition) is 0. The second-order valence-electron chi connectivity index (χ2n) is 4.19. The highest BCUT2D eigenvalue weighted by Crippen LogP contribution is 2.39. The molecule has 0 spiro atoms. The second-order valence-corrected chi connectivity index (χ2v) is 7.42. The number of benzene rings is 1. The molecule has 90 valence electrons. The van der Waals surface area contributed by atoms with E-state index in [0.29, 0.717) is 0 Å². The largest absolute Gasteiger partial charge is 0.146 e. The Morgan fingerprint density at radius 1 is 1.12 bits per heavy atom. The minimum absolute atomic E-state index is 0.282. The van der Waals surface area contributed by atoms with Crippen LogP contribution < -0.4 is 0 Å². The number of halogens is 2. The Hall–Kier alpha value is -0.120. The summed E-state index contributed by atoms with van der Waals surface area (Å²) < 4.78 is 1.17. The molecule has 0 aliphatic heterocycles. The van der Waals surface area contributed by atoms with Crippen LogP contribution in [0.1, 0.15) is 31.3 Å². The van der Waals surface area contributed by atoms with Crippen molar-refractivity contribution in [3.63, 3.8) is 0 Å². The number of rotatable bonds is 2. The van der Waals surface area contributed by atoms with Gasteiger partial charge in [-0.15, -0.1) is 11.3 Å². The van der Waals surface area contributed by atoms with Gasteiger partial charge in [0.25, 0.3) is 0 Å². The molecule has 17 heavy (non-hydrogen) atoms. The van der Waals surface area contributed by atoms with E-state index in [4.69, 9.17) is 0 Å². The monoisotopic (exact) mass is 372 g/mol. The minimum Gasteiger partial charge on any atom is -0.146 e. The lowest BCUT2D eigenvalue weighted by Crippen LogP contribution is -1.96. The van der Waals surface area contributed by atoms with Crippen molar-refractivity contribution in [2.24, 2.45) is 0 Å². The summed E-state index contributed by atoms with van der Waals surface area (Å²) in [5, 5.41) is 0. The quantitative estimate of drug-likeness (QED) is 0.573. The van der Waals surface area contributed by atoms with Gasteiger partial charge >= 0.3 is 0 Å². The van der Waals surface area contributed by atoms with Gasteiger partial charge in [-0.05, 0) is 49.6 Å². The van der Waals surface area contributed by atoms with Crippen LogP contribution in [-0.2, 0) is 0 Å². The molecule has 0 aliphatic rings. The Kier molecular flexibility index (Phi) is 4.11. The molecule has 1 aromatic carbocycles. The standard InChI is InChI=1S/C14H14Br2S/c1-8-7-12(10(3)17-8)14(16)11-5-4-6-13(15)9(11)2/h4-7,14H,1-3H3. The molecule has 2 rings (SSSR count). The molecular weight excluding hydrogens is 360 g/mol. The van der Waals surface area contributed by atoms with Gasteiger partial charge in [0, 0.05) is 14.2 Å². The van der Waals surface area contributed by atoms with Crippen molar-refractivity contribution in [1.29, 1.82) is 0 Å². The highest BCUT2D eigenvalue weighted by Gasteiger charge is 2.17. The molecule has 1 aromatic heterocycles. The van der Waals surface area contributed by atoms with Crippen molar-refractivity contribution >= 4 is 43.2 Å². The molecule has 1 atom stereocenters. The van der Waals surface area contributed by atoms with E-state index < -0.39 is 0 Å². The van der Waals surface area contributed by atoms with E-state index in [1.807, 2.05) is 11.3 Å². The summed E-state index contributed by atoms with van der Waals surface area (Å²) >= 11 is 9.28. The maximum Gasteiger partial charge on any atom is 0.0658 e. The molecule has 0 N–H and O–H groups in total. The summed E-state index contributed by atoms with van der Waals surface area (Å²) in [5.74, 6) is 0. The van der Waals surface area contributed by atoms with Crippen LogP contribution in [0.3, 0.4) is 0 Å². The molecule has 0 nitrogen and oxygen atoms in total. The lowest BCUT2D eigenvalue weighted by Gasteiger charge is -2.14. The number of alkyl halides is 1. The first-order valence-electron chi connectivity index (χ1n) is 5.46. The molecule has 3 heteroatoms. The molecule has 0 saturated carbocycles. The smallest absolute Gasteiger partial charge is 0.0658 e. The van der Waals surface area contributed by atoms with Gasteiger partial charge in [-0.2, -0.15) is 0 Å². The Balaban J connectivity index is 2.47. The van der Waals surface area contributed by atoms with Crippen molar-refractivity contribution in [2.75, 3.05) is 0 Å². The number of hydrogen-bond acceptors (Lipinski definition) is 1. The highest BCUT2D eigenvalue weighted by molar-refractivity contribution is 9.10. The minimum atomic E-state index is 0.282. The molecule has 2 aromatic rings. The van der Waals surface area contributed by atoms with Crippen LogP contribution in [0.5, 0.6) is 0 Å². The van der Waals surface area contributed by atoms with Crippen LogP contribution in [-0.4, -0.2) is 0 Å². The molecule has 1 heterocycles. The van der Waals surface area contributed by atoms with Crippen LogP contribution in [0.2, 0.25) is 0 Å². The lowest BCUT2D eigenvalue weighted by molar-refractivity contribution is 1.13. The van der Waals surface area contributed by atoms with Gasteiger partial charge in [-0.1, -0.05) is 44.0 Å². The van der Waals surface area contributed by atoms with E-state index in [1.54, 1.807) is 0 Å². The normalized spacial score (nSPS) is 12.8. The Morgan fingerprint density at radius 2 is 1.82 bits per heavy atom. The average molecular weight is 374 g/mol. The Bertz CT molecular complexity index is 543. The predicted molar refractivity (Wildman–Crippen MR) is 83.4 cm³/mol. The van der Waals surface area contributed by atoms with Crippen LogP contribution in [0.25, 0.3) is 0 Å². The zero-order chi connectivity index (χ0) is 12.6. The van der Waals surface area contributed by atoms with E-state index in [-0.39, 0.29) is 4.83 Å². The van der Waals surface area contributed by atoms with Crippen molar-refractivity contribution in [3.05, 3.63) is 55.2 Å². The summed E-state index contributed by atoms with van der Waals surface area (Å²) in [4.78, 5) is 3.04. The van der Waals surface area contributed by atoms with Crippen LogP contribution in [0, 0.1) is 20.8 Å². The first kappa shape index (κ1) is 13.3. The van der Waals surface area contributed by atoms with Crippen LogP contribution >= 0.6 is 43.2 Å². The van der Waals surface area contributed by atoms with E-state index in [0.717, 1.165) is 0 Å². The van der Waals surface area contributed by atoms with Crippen LogP contribution in [0.15, 0.2) is 28.7 Å². The molecule has 1 unspecified atom stereocenters. The fourth-order valence-corrected chi connectivity index (χ4v) is 4.44. The maximum absolute atomic E-state index is 3.83. The van der Waals surface area contributed by atoms with Crippen molar-refractivity contribution in [1.82, 2.24) is 0 Å². The van der Waals surface area contributed by atoms with Gasteiger partial charge < -0.3 is 0 Å². The number of aryl methyl sites for hydroxylation is 2. The van der Waals surface area contributed by atoms with Gasteiger partial charge in [0.05, 0.1) is 4.83 Å². The summed E-state index contributed by atoms with van der Waals surface area (Å²) in [6.45, 7) is 6.51. The van der Waals surface area contributed by atoms with Gasteiger partial charge in [-0.25, -0.2) is 0 Å². The predicted octanol–water partition coefficient (Wildman–Crippen LogP) is 5.92. The Labute approximate surface area is 123 Å². The SMILES string of the molecule is Cc1cc(C(Br)c2cccc(Br)c2C)c(C)s1. The number of thiophene rings is 1. The van der Waals surface area contributed by atoms with E-state index in [1.165, 1.54) is 30.9 Å². The highest BCUT2D eigenvalue weighted by atomic mass is 79.9. The molecule has 0 fully saturated rings. The first-order chi connectivity index (χ1) is 8.00. The third kappa shape index (κ3) is 2.67. The summed E-state index contributed by atoms with van der Waals surface area (Å²) in [5.41, 5.74) is 4.02. The van der Waals surface area contributed by atoms with E-state index >= 15 is 0 Å². The van der Waals surface area contributed by atoms with E-state index in [9.17, 15) is 0 Å². The van der Waals surface area contributed by atoms with Crippen molar-refractivity contribution in [2.45, 2.75) is 25.6 Å². The third-order valence-corrected chi connectivity index (χ3v) is 5.76. The molecule has 0 radical (unpaired) electrons. The van der Waals surface area contributed by atoms with Gasteiger partial charge in [0.2, 0.25) is 0 Å². The Morgan fingerprint density at radius 3 is 2.41 bits per heavy atom. The molecular formula is C14H14Br2S. The topological polar surface area (TPSA) is 0 Å². The van der Waals surface area contributed by atoms with Gasteiger partial charge in [0.15, 0.2) is 0 Å². The van der Waals surface area contributed by atoms with Gasteiger partial charge in [0.1, 0.15) is 0 Å². The summed E-state index contributed by atoms with van der Waals surface area (Å²) in [6, 6.07) is 8.64. The zero-order valence-electron chi connectivity index (χ0n) is 10.1. The fraction of sp³-hybridized carbons (Fsp3) is 0.286. The average Bonchev–Trinajstić information content (AvgIpc) is 2.61. The first-order valence-corrected chi connectivity index (χ1v) is 7.99. The molecule has 0 bridgehead atoms. The molecule has 0 saturated heterocycles.